The van der Waals surface area contributed by atoms with Crippen LogP contribution in [0.1, 0.15) is 43.4 Å². The van der Waals surface area contributed by atoms with Crippen molar-refractivity contribution in [2.45, 2.75) is 33.1 Å². The number of para-hydroxylation sites is 1. The molecule has 0 radical (unpaired) electrons. The molecule has 0 unspecified atom stereocenters. The summed E-state index contributed by atoms with van der Waals surface area (Å²) in [5, 5.41) is 0. The standard InChI is InChI=1S/C18H20O/c1-12(2)10-14-8-9-16-13(3)15-6-4-5-7-17(15)19-18(16)11-14/h4-9,11-13H,10H2,1-3H3/t13-/m0/s1. The maximum Gasteiger partial charge on any atom is 0.131 e. The lowest BCUT2D eigenvalue weighted by molar-refractivity contribution is 0.448. The maximum atomic E-state index is 6.07. The Hall–Kier alpha value is -1.76. The van der Waals surface area contributed by atoms with Crippen LogP contribution in [0.25, 0.3) is 0 Å². The largest absolute Gasteiger partial charge is 0.457 e. The summed E-state index contributed by atoms with van der Waals surface area (Å²) < 4.78 is 6.07. The first-order valence-corrected chi connectivity index (χ1v) is 7.04. The van der Waals surface area contributed by atoms with Gasteiger partial charge in [-0.1, -0.05) is 51.1 Å². The van der Waals surface area contributed by atoms with E-state index in [1.54, 1.807) is 0 Å². The molecule has 1 aliphatic rings. The minimum Gasteiger partial charge on any atom is -0.457 e. The minimum atomic E-state index is 0.410. The van der Waals surface area contributed by atoms with Crippen molar-refractivity contribution in [1.82, 2.24) is 0 Å². The number of fused-ring (bicyclic) bond motifs is 2. The van der Waals surface area contributed by atoms with Crippen LogP contribution < -0.4 is 4.74 Å². The van der Waals surface area contributed by atoms with Gasteiger partial charge in [0, 0.05) is 17.0 Å². The molecular weight excluding hydrogens is 232 g/mol. The Balaban J connectivity index is 2.00. The molecule has 0 aliphatic carbocycles. The Morgan fingerprint density at radius 1 is 1.00 bits per heavy atom. The van der Waals surface area contributed by atoms with Gasteiger partial charge < -0.3 is 4.74 Å². The van der Waals surface area contributed by atoms with E-state index >= 15 is 0 Å². The van der Waals surface area contributed by atoms with Crippen LogP contribution in [-0.2, 0) is 6.42 Å². The lowest BCUT2D eigenvalue weighted by Gasteiger charge is -2.26. The molecule has 0 amide bonds. The van der Waals surface area contributed by atoms with Crippen LogP contribution in [0.4, 0.5) is 0 Å². The zero-order valence-electron chi connectivity index (χ0n) is 11.8. The Morgan fingerprint density at radius 2 is 1.74 bits per heavy atom. The summed E-state index contributed by atoms with van der Waals surface area (Å²) in [5.41, 5.74) is 3.94. The van der Waals surface area contributed by atoms with Crippen LogP contribution in [0.15, 0.2) is 42.5 Å². The van der Waals surface area contributed by atoms with Crippen LogP contribution in [0.5, 0.6) is 11.5 Å². The minimum absolute atomic E-state index is 0.410. The molecule has 3 rings (SSSR count). The molecule has 0 aromatic heterocycles. The molecule has 0 N–H and O–H groups in total. The predicted molar refractivity (Wildman–Crippen MR) is 79.0 cm³/mol. The average molecular weight is 252 g/mol. The molecule has 19 heavy (non-hydrogen) atoms. The first-order valence-electron chi connectivity index (χ1n) is 7.04. The zero-order chi connectivity index (χ0) is 13.4. The monoisotopic (exact) mass is 252 g/mol. The summed E-state index contributed by atoms with van der Waals surface area (Å²) in [4.78, 5) is 0. The van der Waals surface area contributed by atoms with E-state index in [9.17, 15) is 0 Å². The van der Waals surface area contributed by atoms with Crippen LogP contribution in [0, 0.1) is 5.92 Å². The summed E-state index contributed by atoms with van der Waals surface area (Å²) in [7, 11) is 0. The second kappa shape index (κ2) is 4.73. The highest BCUT2D eigenvalue weighted by molar-refractivity contribution is 5.53. The van der Waals surface area contributed by atoms with Crippen molar-refractivity contribution >= 4 is 0 Å². The molecule has 2 aromatic carbocycles. The van der Waals surface area contributed by atoms with Crippen molar-refractivity contribution in [3.63, 3.8) is 0 Å². The number of hydrogen-bond donors (Lipinski definition) is 0. The van der Waals surface area contributed by atoms with Crippen molar-refractivity contribution in [3.8, 4) is 11.5 Å². The fourth-order valence-electron chi connectivity index (χ4n) is 2.84. The summed E-state index contributed by atoms with van der Waals surface area (Å²) in [6.45, 7) is 6.75. The maximum absolute atomic E-state index is 6.07. The van der Waals surface area contributed by atoms with Gasteiger partial charge in [-0.05, 0) is 30.0 Å². The van der Waals surface area contributed by atoms with Crippen LogP contribution in [-0.4, -0.2) is 0 Å². The highest BCUT2D eigenvalue weighted by atomic mass is 16.5. The Labute approximate surface area is 115 Å². The van der Waals surface area contributed by atoms with Crippen molar-refractivity contribution in [2.24, 2.45) is 5.92 Å². The van der Waals surface area contributed by atoms with Crippen molar-refractivity contribution in [3.05, 3.63) is 59.2 Å². The number of rotatable bonds is 2. The molecule has 1 heterocycles. The summed E-state index contributed by atoms with van der Waals surface area (Å²) in [5.74, 6) is 3.12. The molecule has 1 heteroatoms. The van der Waals surface area contributed by atoms with E-state index in [4.69, 9.17) is 4.74 Å². The van der Waals surface area contributed by atoms with Gasteiger partial charge in [0.2, 0.25) is 0 Å². The third-order valence-corrected chi connectivity index (χ3v) is 3.79. The SMILES string of the molecule is CC(C)Cc1ccc2c(c1)Oc1ccccc1[C@@H]2C. The number of benzene rings is 2. The Bertz CT molecular complexity index is 598. The Kier molecular flexibility index (Phi) is 3.06. The van der Waals surface area contributed by atoms with Crippen LogP contribution in [0.3, 0.4) is 0 Å². The topological polar surface area (TPSA) is 9.23 Å². The van der Waals surface area contributed by atoms with Gasteiger partial charge in [-0.2, -0.15) is 0 Å². The molecule has 1 atom stereocenters. The fraction of sp³-hybridized carbons (Fsp3) is 0.333. The first-order chi connectivity index (χ1) is 9.15. The van der Waals surface area contributed by atoms with Crippen molar-refractivity contribution in [1.29, 1.82) is 0 Å². The highest BCUT2D eigenvalue weighted by Crippen LogP contribution is 2.44. The molecular formula is C18H20O. The number of ether oxygens (including phenoxy) is 1. The lowest BCUT2D eigenvalue weighted by atomic mass is 9.88. The summed E-state index contributed by atoms with van der Waals surface area (Å²) in [6, 6.07) is 15.0. The van der Waals surface area contributed by atoms with Gasteiger partial charge in [0.25, 0.3) is 0 Å². The quantitative estimate of drug-likeness (QED) is 0.718. The fourth-order valence-corrected chi connectivity index (χ4v) is 2.84. The van der Waals surface area contributed by atoms with E-state index in [1.807, 2.05) is 6.07 Å². The smallest absolute Gasteiger partial charge is 0.131 e. The lowest BCUT2D eigenvalue weighted by Crippen LogP contribution is -2.08. The van der Waals surface area contributed by atoms with Crippen LogP contribution in [0.2, 0.25) is 0 Å². The third kappa shape index (κ3) is 2.25. The third-order valence-electron chi connectivity index (χ3n) is 3.79. The van der Waals surface area contributed by atoms with Crippen molar-refractivity contribution in [2.75, 3.05) is 0 Å². The van der Waals surface area contributed by atoms with E-state index in [-0.39, 0.29) is 0 Å². The molecule has 1 aliphatic heterocycles. The zero-order valence-corrected chi connectivity index (χ0v) is 11.8. The average Bonchev–Trinajstić information content (AvgIpc) is 2.38. The van der Waals surface area contributed by atoms with Gasteiger partial charge in [0.1, 0.15) is 11.5 Å². The highest BCUT2D eigenvalue weighted by Gasteiger charge is 2.23. The molecule has 0 bridgehead atoms. The molecule has 0 spiro atoms. The van der Waals surface area contributed by atoms with Gasteiger partial charge in [0.15, 0.2) is 0 Å². The van der Waals surface area contributed by atoms with Gasteiger partial charge >= 0.3 is 0 Å². The molecule has 0 fully saturated rings. The Morgan fingerprint density at radius 3 is 2.53 bits per heavy atom. The van der Waals surface area contributed by atoms with E-state index in [1.165, 1.54) is 16.7 Å². The summed E-state index contributed by atoms with van der Waals surface area (Å²) >= 11 is 0. The molecule has 98 valence electrons. The van der Waals surface area contributed by atoms with Gasteiger partial charge in [-0.15, -0.1) is 0 Å². The first kappa shape index (κ1) is 12.3. The van der Waals surface area contributed by atoms with Crippen LogP contribution >= 0.6 is 0 Å². The van der Waals surface area contributed by atoms with Gasteiger partial charge in [-0.25, -0.2) is 0 Å². The molecule has 2 aromatic rings. The van der Waals surface area contributed by atoms with Gasteiger partial charge in [-0.3, -0.25) is 0 Å². The van der Waals surface area contributed by atoms with E-state index < -0.39 is 0 Å². The van der Waals surface area contributed by atoms with E-state index in [0.717, 1.165) is 17.9 Å². The van der Waals surface area contributed by atoms with E-state index in [2.05, 4.69) is 57.2 Å². The second-order valence-electron chi connectivity index (χ2n) is 5.83. The van der Waals surface area contributed by atoms with Crippen molar-refractivity contribution < 1.29 is 4.74 Å². The molecule has 0 saturated heterocycles. The second-order valence-corrected chi connectivity index (χ2v) is 5.83. The van der Waals surface area contributed by atoms with Gasteiger partial charge in [0.05, 0.1) is 0 Å². The molecule has 1 nitrogen and oxygen atoms in total. The predicted octanol–water partition coefficient (Wildman–Crippen LogP) is 5.14. The normalized spacial score (nSPS) is 16.7. The van der Waals surface area contributed by atoms with E-state index in [0.29, 0.717) is 11.8 Å². The number of hydrogen-bond acceptors (Lipinski definition) is 1. The molecule has 0 saturated carbocycles. The summed E-state index contributed by atoms with van der Waals surface area (Å²) in [6.07, 6.45) is 1.10.